The normalized spacial score (nSPS) is 14.7. The van der Waals surface area contributed by atoms with E-state index in [1.165, 1.54) is 180 Å². The van der Waals surface area contributed by atoms with E-state index >= 15 is 0 Å². The lowest BCUT2D eigenvalue weighted by Gasteiger charge is -2.28. The number of likely N-dealkylation sites (N-methyl/N-ethyl adjacent to an activating group) is 1. The number of phosphoric ester groups is 1. The lowest BCUT2D eigenvalue weighted by Crippen LogP contribution is -2.51. The fourth-order valence-electron chi connectivity index (χ4n) is 8.16. The molecular weight excluding hydrogens is 820 g/mol. The third-order valence-electron chi connectivity index (χ3n) is 12.5. The molecule has 0 aliphatic carbocycles. The summed E-state index contributed by atoms with van der Waals surface area (Å²) in [4.78, 5) is 23.3. The van der Waals surface area contributed by atoms with Gasteiger partial charge in [0.25, 0.3) is 0 Å². The molecule has 0 bridgehead atoms. The summed E-state index contributed by atoms with van der Waals surface area (Å²) in [6.45, 7) is 4.57. The van der Waals surface area contributed by atoms with Gasteiger partial charge in [0, 0.05) is 6.42 Å². The van der Waals surface area contributed by atoms with Crippen molar-refractivity contribution < 1.29 is 38.0 Å². The fourth-order valence-corrected chi connectivity index (χ4v) is 8.90. The number of amides is 1. The number of unbranched alkanes of at least 4 members (excludes halogenated alkanes) is 32. The van der Waals surface area contributed by atoms with Crippen LogP contribution in [0.3, 0.4) is 0 Å². The zero-order valence-corrected chi connectivity index (χ0v) is 43.8. The molecule has 380 valence electrons. The van der Waals surface area contributed by atoms with Gasteiger partial charge in [-0.15, -0.1) is 0 Å². The fraction of sp³-hybridized carbons (Fsp3) is 0.907. The Morgan fingerprint density at radius 3 is 1.30 bits per heavy atom. The predicted molar refractivity (Wildman–Crippen MR) is 274 cm³/mol. The summed E-state index contributed by atoms with van der Waals surface area (Å²) >= 11 is 0. The highest BCUT2D eigenvalue weighted by atomic mass is 31.2. The maximum atomic E-state index is 13.0. The van der Waals surface area contributed by atoms with Gasteiger partial charge in [0.15, 0.2) is 0 Å². The molecule has 1 amide bonds. The summed E-state index contributed by atoms with van der Waals surface area (Å²) in [5, 5.41) is 24.7. The van der Waals surface area contributed by atoms with E-state index in [1.807, 2.05) is 21.1 Å². The van der Waals surface area contributed by atoms with Crippen molar-refractivity contribution in [2.45, 2.75) is 276 Å². The lowest BCUT2D eigenvalue weighted by atomic mass is 10.0. The second kappa shape index (κ2) is 45.7. The van der Waals surface area contributed by atoms with Gasteiger partial charge >= 0.3 is 7.82 Å². The summed E-state index contributed by atoms with van der Waals surface area (Å²) in [5.74, 6) is -0.268. The summed E-state index contributed by atoms with van der Waals surface area (Å²) in [6, 6.07) is -1.05. The maximum Gasteiger partial charge on any atom is 0.472 e. The number of nitrogens with one attached hydrogen (secondary N) is 1. The van der Waals surface area contributed by atoms with Gasteiger partial charge in [0.1, 0.15) is 19.3 Å². The summed E-state index contributed by atoms with van der Waals surface area (Å²) in [6.07, 6.45) is 52.8. The number of aliphatic hydroxyl groups excluding tert-OH is 2. The van der Waals surface area contributed by atoms with Crippen LogP contribution in [0.1, 0.15) is 258 Å². The van der Waals surface area contributed by atoms with Gasteiger partial charge in [-0.2, -0.15) is 0 Å². The van der Waals surface area contributed by atoms with E-state index in [0.717, 1.165) is 44.9 Å². The number of hydrogen-bond donors (Lipinski definition) is 4. The van der Waals surface area contributed by atoms with Crippen molar-refractivity contribution in [3.05, 3.63) is 24.3 Å². The van der Waals surface area contributed by atoms with Crippen molar-refractivity contribution in [1.82, 2.24) is 5.32 Å². The molecule has 4 atom stereocenters. The monoisotopic (exact) mass is 928 g/mol. The maximum absolute atomic E-state index is 13.0. The molecular formula is C54H108N2O7P+. The predicted octanol–water partition coefficient (Wildman–Crippen LogP) is 15.0. The molecule has 0 aromatic carbocycles. The highest BCUT2D eigenvalue weighted by molar-refractivity contribution is 7.47. The minimum Gasteiger partial charge on any atom is -0.390 e. The Morgan fingerprint density at radius 2 is 0.891 bits per heavy atom. The van der Waals surface area contributed by atoms with E-state index in [1.54, 1.807) is 0 Å². The van der Waals surface area contributed by atoms with Crippen LogP contribution in [0.2, 0.25) is 0 Å². The number of phosphoric acid groups is 1. The standard InChI is InChI=1S/C54H107N2O7P/c1-6-8-10-12-14-16-18-20-21-22-23-24-25-26-27-28-29-30-31-32-33-34-35-37-39-41-43-45-47-53(58)55-51(50-63-64(60,61)62-49-48-56(3,4)5)54(59)52(57)46-44-42-40-38-36-19-17-15-13-11-9-7-2/h15,17,38,40,51-52,54,57,59H,6-14,16,18-37,39,41-50H2,1-5H3,(H-,55,58,60,61)/p+1/b17-15+,40-38+. The Kier molecular flexibility index (Phi) is 45.0. The van der Waals surface area contributed by atoms with E-state index < -0.39 is 32.7 Å². The first-order valence-electron chi connectivity index (χ1n) is 27.3. The second-order valence-electron chi connectivity index (χ2n) is 20.1. The molecule has 4 unspecified atom stereocenters. The average Bonchev–Trinajstić information content (AvgIpc) is 3.25. The number of nitrogens with zero attached hydrogens (tertiary/aromatic N) is 1. The van der Waals surface area contributed by atoms with Gasteiger partial charge in [-0.25, -0.2) is 4.57 Å². The lowest BCUT2D eigenvalue weighted by molar-refractivity contribution is -0.870. The van der Waals surface area contributed by atoms with Crippen molar-refractivity contribution in [3.8, 4) is 0 Å². The topological polar surface area (TPSA) is 125 Å². The average molecular weight is 928 g/mol. The molecule has 4 N–H and O–H groups in total. The zero-order chi connectivity index (χ0) is 47.3. The van der Waals surface area contributed by atoms with Crippen molar-refractivity contribution >= 4 is 13.7 Å². The van der Waals surface area contributed by atoms with E-state index in [2.05, 4.69) is 43.5 Å². The number of allylic oxidation sites excluding steroid dienone is 4. The Morgan fingerprint density at radius 1 is 0.531 bits per heavy atom. The smallest absolute Gasteiger partial charge is 0.390 e. The van der Waals surface area contributed by atoms with Crippen LogP contribution in [-0.2, 0) is 18.4 Å². The third kappa shape index (κ3) is 46.1. The van der Waals surface area contributed by atoms with Gasteiger partial charge in [-0.3, -0.25) is 13.8 Å². The first kappa shape index (κ1) is 62.9. The molecule has 0 saturated carbocycles. The Labute approximate surface area is 397 Å². The van der Waals surface area contributed by atoms with Crippen molar-refractivity contribution in [3.63, 3.8) is 0 Å². The number of quaternary nitrogens is 1. The van der Waals surface area contributed by atoms with E-state index in [-0.39, 0.29) is 18.9 Å². The quantitative estimate of drug-likeness (QED) is 0.0207. The van der Waals surface area contributed by atoms with Gasteiger partial charge < -0.3 is 24.9 Å². The summed E-state index contributed by atoms with van der Waals surface area (Å²) < 4.78 is 23.6. The Hall–Kier alpha value is -1.06. The van der Waals surface area contributed by atoms with Gasteiger partial charge in [0.05, 0.1) is 39.9 Å². The largest absolute Gasteiger partial charge is 0.472 e. The Bertz CT molecular complexity index is 1110. The molecule has 0 spiro atoms. The van der Waals surface area contributed by atoms with Crippen LogP contribution in [0.5, 0.6) is 0 Å². The third-order valence-corrected chi connectivity index (χ3v) is 13.5. The van der Waals surface area contributed by atoms with Crippen molar-refractivity contribution in [2.24, 2.45) is 0 Å². The van der Waals surface area contributed by atoms with Crippen LogP contribution in [0.4, 0.5) is 0 Å². The molecule has 0 heterocycles. The molecule has 0 saturated heterocycles. The van der Waals surface area contributed by atoms with Gasteiger partial charge in [-0.05, 0) is 51.4 Å². The first-order chi connectivity index (χ1) is 30.9. The number of rotatable bonds is 50. The molecule has 0 aromatic heterocycles. The molecule has 0 aliphatic rings. The molecule has 9 nitrogen and oxygen atoms in total. The highest BCUT2D eigenvalue weighted by Gasteiger charge is 2.31. The molecule has 0 radical (unpaired) electrons. The number of aliphatic hydroxyl groups is 2. The molecule has 0 aliphatic heterocycles. The van der Waals surface area contributed by atoms with Crippen LogP contribution in [0.25, 0.3) is 0 Å². The highest BCUT2D eigenvalue weighted by Crippen LogP contribution is 2.43. The van der Waals surface area contributed by atoms with Crippen LogP contribution in [0.15, 0.2) is 24.3 Å². The van der Waals surface area contributed by atoms with Crippen LogP contribution in [0, 0.1) is 0 Å². The minimum atomic E-state index is -4.43. The van der Waals surface area contributed by atoms with Gasteiger partial charge in [0.2, 0.25) is 5.91 Å². The van der Waals surface area contributed by atoms with Crippen molar-refractivity contribution in [1.29, 1.82) is 0 Å². The zero-order valence-electron chi connectivity index (χ0n) is 42.9. The van der Waals surface area contributed by atoms with E-state index in [4.69, 9.17) is 9.05 Å². The van der Waals surface area contributed by atoms with Crippen LogP contribution >= 0.6 is 7.82 Å². The first-order valence-corrected chi connectivity index (χ1v) is 28.8. The number of hydrogen-bond acceptors (Lipinski definition) is 6. The van der Waals surface area contributed by atoms with Gasteiger partial charge in [-0.1, -0.05) is 224 Å². The molecule has 0 aromatic rings. The van der Waals surface area contributed by atoms with Crippen LogP contribution < -0.4 is 5.32 Å². The van der Waals surface area contributed by atoms with Crippen molar-refractivity contribution in [2.75, 3.05) is 40.9 Å². The molecule has 0 rings (SSSR count). The molecule has 0 fully saturated rings. The van der Waals surface area contributed by atoms with E-state index in [0.29, 0.717) is 23.9 Å². The number of carbonyl (C=O) groups is 1. The SMILES string of the molecule is CCCCC/C=C/CC/C=C/CCCC(O)C(O)C(COP(=O)(O)OCC[N+](C)(C)C)NC(=O)CCCCCCCCCCCCCCCCCCCCCCCCCCCCCC. The van der Waals surface area contributed by atoms with E-state index in [9.17, 15) is 24.5 Å². The Balaban J connectivity index is 4.16. The summed E-state index contributed by atoms with van der Waals surface area (Å²) in [5.41, 5.74) is 0. The minimum absolute atomic E-state index is 0.0158. The second-order valence-corrected chi connectivity index (χ2v) is 21.5. The van der Waals surface area contributed by atoms with Crippen LogP contribution in [-0.4, -0.2) is 84.6 Å². The summed E-state index contributed by atoms with van der Waals surface area (Å²) in [7, 11) is 1.42. The molecule has 10 heteroatoms. The molecule has 64 heavy (non-hydrogen) atoms. The number of carbonyl (C=O) groups excluding carboxylic acids is 1.